The van der Waals surface area contributed by atoms with Crippen molar-refractivity contribution in [3.05, 3.63) is 24.3 Å². The standard InChI is InChI=1S/C12H12BrNO3/c1-17-10-5-3-2-4-8(10)14-7-6-9(15)11(13)12(14)16/h2-5,11H,6-7H2,1H3. The van der Waals surface area contributed by atoms with Crippen molar-refractivity contribution in [2.24, 2.45) is 0 Å². The Morgan fingerprint density at radius 1 is 1.35 bits per heavy atom. The van der Waals surface area contributed by atoms with Crippen molar-refractivity contribution >= 4 is 33.3 Å². The number of amides is 1. The van der Waals surface area contributed by atoms with Crippen LogP contribution in [-0.2, 0) is 9.59 Å². The fourth-order valence-corrected chi connectivity index (χ4v) is 2.30. The number of carbonyl (C=O) groups is 2. The molecule has 1 saturated heterocycles. The summed E-state index contributed by atoms with van der Waals surface area (Å²) in [7, 11) is 1.56. The molecule has 1 heterocycles. The Labute approximate surface area is 108 Å². The summed E-state index contributed by atoms with van der Waals surface area (Å²) in [6.45, 7) is 0.403. The van der Waals surface area contributed by atoms with Gasteiger partial charge in [-0.25, -0.2) is 0 Å². The summed E-state index contributed by atoms with van der Waals surface area (Å²) in [6, 6.07) is 7.28. The lowest BCUT2D eigenvalue weighted by Gasteiger charge is -2.29. The van der Waals surface area contributed by atoms with Crippen LogP contribution in [-0.4, -0.2) is 30.2 Å². The lowest BCUT2D eigenvalue weighted by Crippen LogP contribution is -2.46. The Morgan fingerprint density at radius 2 is 2.06 bits per heavy atom. The fraction of sp³-hybridized carbons (Fsp3) is 0.333. The molecule has 0 spiro atoms. The lowest BCUT2D eigenvalue weighted by molar-refractivity contribution is -0.127. The number of hydrogen-bond acceptors (Lipinski definition) is 3. The normalized spacial score (nSPS) is 20.6. The number of anilines is 1. The number of hydrogen-bond donors (Lipinski definition) is 0. The second kappa shape index (κ2) is 4.87. The van der Waals surface area contributed by atoms with Crippen LogP contribution in [0.1, 0.15) is 6.42 Å². The Kier molecular flexibility index (Phi) is 3.47. The molecule has 90 valence electrons. The van der Waals surface area contributed by atoms with Crippen molar-refractivity contribution in [3.63, 3.8) is 0 Å². The molecule has 5 heteroatoms. The van der Waals surface area contributed by atoms with E-state index in [9.17, 15) is 9.59 Å². The second-order valence-electron chi connectivity index (χ2n) is 3.74. The SMILES string of the molecule is COc1ccccc1N1CCC(=O)C(Br)C1=O. The summed E-state index contributed by atoms with van der Waals surface area (Å²) < 4.78 is 5.21. The van der Waals surface area contributed by atoms with Gasteiger partial charge in [0, 0.05) is 13.0 Å². The molecule has 0 aliphatic carbocycles. The average molecular weight is 298 g/mol. The van der Waals surface area contributed by atoms with Gasteiger partial charge in [0.05, 0.1) is 12.8 Å². The molecule has 1 unspecified atom stereocenters. The van der Waals surface area contributed by atoms with E-state index in [0.29, 0.717) is 24.4 Å². The van der Waals surface area contributed by atoms with Crippen LogP contribution in [0, 0.1) is 0 Å². The van der Waals surface area contributed by atoms with E-state index in [4.69, 9.17) is 4.74 Å². The molecule has 1 aliphatic heterocycles. The number of benzene rings is 1. The maximum absolute atomic E-state index is 12.0. The number of Topliss-reactive ketones (excluding diaryl/α,β-unsaturated/α-hetero) is 1. The Balaban J connectivity index is 2.34. The monoisotopic (exact) mass is 297 g/mol. The zero-order valence-corrected chi connectivity index (χ0v) is 10.9. The number of rotatable bonds is 2. The van der Waals surface area contributed by atoms with Gasteiger partial charge in [-0.3, -0.25) is 9.59 Å². The Bertz CT molecular complexity index is 461. The van der Waals surface area contributed by atoms with Gasteiger partial charge in [-0.05, 0) is 12.1 Å². The molecule has 0 bridgehead atoms. The van der Waals surface area contributed by atoms with Crippen molar-refractivity contribution in [2.45, 2.75) is 11.2 Å². The van der Waals surface area contributed by atoms with Gasteiger partial charge in [0.2, 0.25) is 5.91 Å². The molecule has 17 heavy (non-hydrogen) atoms. The molecule has 0 saturated carbocycles. The number of ketones is 1. The summed E-state index contributed by atoms with van der Waals surface area (Å²) in [5.74, 6) is 0.335. The van der Waals surface area contributed by atoms with Crippen LogP contribution in [0.3, 0.4) is 0 Å². The number of methoxy groups -OCH3 is 1. The van der Waals surface area contributed by atoms with E-state index in [1.54, 1.807) is 18.1 Å². The van der Waals surface area contributed by atoms with Crippen molar-refractivity contribution < 1.29 is 14.3 Å². The number of alkyl halides is 1. The molecule has 1 aromatic rings. The zero-order valence-electron chi connectivity index (χ0n) is 9.35. The number of ether oxygens (including phenoxy) is 1. The predicted octanol–water partition coefficient (Wildman–Crippen LogP) is 1.76. The quantitative estimate of drug-likeness (QED) is 0.617. The maximum Gasteiger partial charge on any atom is 0.248 e. The van der Waals surface area contributed by atoms with Crippen molar-refractivity contribution in [1.29, 1.82) is 0 Å². The van der Waals surface area contributed by atoms with E-state index in [0.717, 1.165) is 0 Å². The molecule has 1 atom stereocenters. The van der Waals surface area contributed by atoms with Crippen LogP contribution in [0.15, 0.2) is 24.3 Å². The van der Waals surface area contributed by atoms with Crippen LogP contribution in [0.5, 0.6) is 5.75 Å². The van der Waals surface area contributed by atoms with Gasteiger partial charge in [-0.2, -0.15) is 0 Å². The molecule has 0 N–H and O–H groups in total. The van der Waals surface area contributed by atoms with E-state index in [2.05, 4.69) is 15.9 Å². The molecular formula is C12H12BrNO3. The Morgan fingerprint density at radius 3 is 2.76 bits per heavy atom. The highest BCUT2D eigenvalue weighted by molar-refractivity contribution is 9.10. The van der Waals surface area contributed by atoms with Gasteiger partial charge in [0.25, 0.3) is 0 Å². The van der Waals surface area contributed by atoms with Crippen molar-refractivity contribution in [2.75, 3.05) is 18.6 Å². The van der Waals surface area contributed by atoms with E-state index < -0.39 is 4.83 Å². The minimum Gasteiger partial charge on any atom is -0.495 e. The van der Waals surface area contributed by atoms with Gasteiger partial charge >= 0.3 is 0 Å². The lowest BCUT2D eigenvalue weighted by atomic mass is 10.1. The highest BCUT2D eigenvalue weighted by Crippen LogP contribution is 2.31. The van der Waals surface area contributed by atoms with E-state index in [-0.39, 0.29) is 11.7 Å². The highest BCUT2D eigenvalue weighted by Gasteiger charge is 2.34. The summed E-state index contributed by atoms with van der Waals surface area (Å²) in [5, 5.41) is 0. The first-order chi connectivity index (χ1) is 8.15. The minimum atomic E-state index is -0.735. The summed E-state index contributed by atoms with van der Waals surface area (Å²) in [5.41, 5.74) is 0.706. The van der Waals surface area contributed by atoms with Crippen LogP contribution < -0.4 is 9.64 Å². The van der Waals surface area contributed by atoms with Gasteiger partial charge in [-0.1, -0.05) is 28.1 Å². The van der Waals surface area contributed by atoms with Gasteiger partial charge in [0.15, 0.2) is 10.6 Å². The third-order valence-electron chi connectivity index (χ3n) is 2.72. The van der Waals surface area contributed by atoms with Crippen LogP contribution in [0.4, 0.5) is 5.69 Å². The Hall–Kier alpha value is -1.36. The van der Waals surface area contributed by atoms with Crippen molar-refractivity contribution in [3.8, 4) is 5.75 Å². The molecule has 0 aromatic heterocycles. The minimum absolute atomic E-state index is 0.0684. The van der Waals surface area contributed by atoms with Gasteiger partial charge < -0.3 is 9.64 Å². The number of nitrogens with zero attached hydrogens (tertiary/aromatic N) is 1. The average Bonchev–Trinajstić information content (AvgIpc) is 2.36. The summed E-state index contributed by atoms with van der Waals surface area (Å²) in [6.07, 6.45) is 0.361. The first-order valence-corrected chi connectivity index (χ1v) is 6.18. The highest BCUT2D eigenvalue weighted by atomic mass is 79.9. The predicted molar refractivity (Wildman–Crippen MR) is 67.7 cm³/mol. The molecule has 0 radical (unpaired) electrons. The molecule has 1 aliphatic rings. The maximum atomic E-state index is 12.0. The van der Waals surface area contributed by atoms with Crippen molar-refractivity contribution in [1.82, 2.24) is 0 Å². The largest absolute Gasteiger partial charge is 0.495 e. The zero-order chi connectivity index (χ0) is 12.4. The van der Waals surface area contributed by atoms with Crippen LogP contribution in [0.25, 0.3) is 0 Å². The number of halogens is 1. The summed E-state index contributed by atoms with van der Waals surface area (Å²) >= 11 is 3.12. The van der Waals surface area contributed by atoms with E-state index in [1.165, 1.54) is 0 Å². The fourth-order valence-electron chi connectivity index (χ4n) is 1.83. The number of piperidine rings is 1. The third-order valence-corrected chi connectivity index (χ3v) is 3.63. The number of para-hydroxylation sites is 2. The van der Waals surface area contributed by atoms with Crippen LogP contribution in [0.2, 0.25) is 0 Å². The van der Waals surface area contributed by atoms with E-state index >= 15 is 0 Å². The molecule has 1 amide bonds. The van der Waals surface area contributed by atoms with Gasteiger partial charge in [-0.15, -0.1) is 0 Å². The molecule has 4 nitrogen and oxygen atoms in total. The topological polar surface area (TPSA) is 46.6 Å². The van der Waals surface area contributed by atoms with E-state index in [1.807, 2.05) is 18.2 Å². The molecule has 1 fully saturated rings. The molecule has 2 rings (SSSR count). The van der Waals surface area contributed by atoms with Crippen LogP contribution >= 0.6 is 15.9 Å². The first-order valence-electron chi connectivity index (χ1n) is 5.26. The smallest absolute Gasteiger partial charge is 0.248 e. The summed E-state index contributed by atoms with van der Waals surface area (Å²) in [4.78, 5) is 24.3. The third kappa shape index (κ3) is 2.20. The molecular weight excluding hydrogens is 286 g/mol. The van der Waals surface area contributed by atoms with Gasteiger partial charge in [0.1, 0.15) is 5.75 Å². The molecule has 1 aromatic carbocycles. The number of carbonyl (C=O) groups excluding carboxylic acids is 2. The first kappa shape index (κ1) is 12.1. The second-order valence-corrected chi connectivity index (χ2v) is 4.66.